The van der Waals surface area contributed by atoms with E-state index >= 15 is 0 Å². The second-order valence-corrected chi connectivity index (χ2v) is 9.42. The van der Waals surface area contributed by atoms with Crippen molar-refractivity contribution in [3.05, 3.63) is 70.9 Å². The van der Waals surface area contributed by atoms with E-state index in [0.29, 0.717) is 12.3 Å². The lowest BCUT2D eigenvalue weighted by Crippen LogP contribution is -2.17. The fourth-order valence-electron chi connectivity index (χ4n) is 3.30. The van der Waals surface area contributed by atoms with Gasteiger partial charge in [-0.15, -0.1) is 0 Å². The van der Waals surface area contributed by atoms with Crippen LogP contribution in [0.1, 0.15) is 63.8 Å². The number of fused-ring (bicyclic) bond motifs is 1. The van der Waals surface area contributed by atoms with Crippen LogP contribution in [0.3, 0.4) is 0 Å². The number of benzene rings is 2. The molecule has 1 heterocycles. The van der Waals surface area contributed by atoms with Gasteiger partial charge in [0.25, 0.3) is 0 Å². The van der Waals surface area contributed by atoms with Gasteiger partial charge >= 0.3 is 0 Å². The summed E-state index contributed by atoms with van der Waals surface area (Å²) in [4.78, 5) is 9.14. The van der Waals surface area contributed by atoms with Crippen molar-refractivity contribution in [2.75, 3.05) is 0 Å². The number of pyridine rings is 1. The van der Waals surface area contributed by atoms with Crippen molar-refractivity contribution in [2.45, 2.75) is 58.9 Å². The molecule has 0 fully saturated rings. The van der Waals surface area contributed by atoms with E-state index in [1.54, 1.807) is 6.21 Å². The summed E-state index contributed by atoms with van der Waals surface area (Å²) in [5.74, 6) is 0.320. The summed E-state index contributed by atoms with van der Waals surface area (Å²) in [6, 6.07) is 14.3. The molecule has 0 aliphatic rings. The third-order valence-corrected chi connectivity index (χ3v) is 5.02. The molecule has 0 radical (unpaired) electrons. The average Bonchev–Trinajstić information content (AvgIpc) is 2.61. The molecular weight excluding hydrogens is 344 g/mol. The normalized spacial score (nSPS) is 12.8. The summed E-state index contributed by atoms with van der Waals surface area (Å²) in [6.45, 7) is 13.5. The highest BCUT2D eigenvalue weighted by molar-refractivity contribution is 5.86. The van der Waals surface area contributed by atoms with Crippen molar-refractivity contribution in [1.82, 2.24) is 4.98 Å². The first-order chi connectivity index (χ1) is 13.1. The number of aliphatic imine (C=N–C) groups is 1. The standard InChI is InChI=1S/C25H30N2O/c1-24(2,3)20-13-19(23(28)21(14-20)25(4,5)6)16-26-15-18-10-7-9-17-11-8-12-27-22(17)18/h7-14,16,28H,15H2,1-6H3. The molecule has 0 bridgehead atoms. The Bertz CT molecular complexity index is 1020. The van der Waals surface area contributed by atoms with Gasteiger partial charge in [-0.3, -0.25) is 9.98 Å². The molecule has 3 heteroatoms. The summed E-state index contributed by atoms with van der Waals surface area (Å²) in [5, 5.41) is 12.0. The predicted molar refractivity (Wildman–Crippen MR) is 119 cm³/mol. The first-order valence-electron chi connectivity index (χ1n) is 9.78. The Kier molecular flexibility index (Phi) is 5.29. The zero-order valence-electron chi connectivity index (χ0n) is 17.7. The molecule has 1 aromatic heterocycles. The highest BCUT2D eigenvalue weighted by atomic mass is 16.3. The number of phenolic OH excluding ortho intramolecular Hbond substituents is 1. The van der Waals surface area contributed by atoms with Gasteiger partial charge in [0.15, 0.2) is 0 Å². The van der Waals surface area contributed by atoms with E-state index in [4.69, 9.17) is 0 Å². The topological polar surface area (TPSA) is 45.5 Å². The lowest BCUT2D eigenvalue weighted by atomic mass is 9.79. The summed E-state index contributed by atoms with van der Waals surface area (Å²) < 4.78 is 0. The maximum Gasteiger partial charge on any atom is 0.128 e. The van der Waals surface area contributed by atoms with Gasteiger partial charge in [0.05, 0.1) is 12.1 Å². The molecule has 3 aromatic rings. The Balaban J connectivity index is 1.99. The minimum atomic E-state index is -0.145. The van der Waals surface area contributed by atoms with Crippen molar-refractivity contribution in [3.8, 4) is 5.75 Å². The van der Waals surface area contributed by atoms with E-state index in [1.807, 2.05) is 18.3 Å². The number of rotatable bonds is 3. The van der Waals surface area contributed by atoms with Crippen LogP contribution in [-0.4, -0.2) is 16.3 Å². The molecule has 2 aromatic carbocycles. The van der Waals surface area contributed by atoms with Crippen LogP contribution < -0.4 is 0 Å². The van der Waals surface area contributed by atoms with Crippen LogP contribution in [0.5, 0.6) is 5.75 Å². The maximum atomic E-state index is 10.9. The van der Waals surface area contributed by atoms with Crippen LogP contribution >= 0.6 is 0 Å². The van der Waals surface area contributed by atoms with Crippen LogP contribution in [0.4, 0.5) is 0 Å². The average molecular weight is 375 g/mol. The molecule has 0 unspecified atom stereocenters. The van der Waals surface area contributed by atoms with Crippen molar-refractivity contribution in [1.29, 1.82) is 0 Å². The molecule has 0 saturated heterocycles. The smallest absolute Gasteiger partial charge is 0.128 e. The van der Waals surface area contributed by atoms with Crippen molar-refractivity contribution >= 4 is 17.1 Å². The molecule has 1 N–H and O–H groups in total. The fraction of sp³-hybridized carbons (Fsp3) is 0.360. The second-order valence-electron chi connectivity index (χ2n) is 9.42. The number of aromatic nitrogens is 1. The number of hydrogen-bond acceptors (Lipinski definition) is 3. The van der Waals surface area contributed by atoms with Gasteiger partial charge in [-0.05, 0) is 34.1 Å². The number of phenols is 1. The Morgan fingerprint density at radius 1 is 0.964 bits per heavy atom. The van der Waals surface area contributed by atoms with E-state index < -0.39 is 0 Å². The Labute approximate surface area is 168 Å². The molecule has 146 valence electrons. The Morgan fingerprint density at radius 2 is 1.68 bits per heavy atom. The molecule has 3 nitrogen and oxygen atoms in total. The van der Waals surface area contributed by atoms with Gasteiger partial charge in [-0.1, -0.05) is 71.9 Å². The van der Waals surface area contributed by atoms with Gasteiger partial charge in [0.2, 0.25) is 0 Å². The monoisotopic (exact) mass is 374 g/mol. The molecule has 0 saturated carbocycles. The van der Waals surface area contributed by atoms with Gasteiger partial charge < -0.3 is 5.11 Å². The van der Waals surface area contributed by atoms with Crippen LogP contribution in [-0.2, 0) is 17.4 Å². The second kappa shape index (κ2) is 7.38. The van der Waals surface area contributed by atoms with Gasteiger partial charge in [0.1, 0.15) is 5.75 Å². The summed E-state index contributed by atoms with van der Waals surface area (Å²) in [5.41, 5.74) is 4.83. The summed E-state index contributed by atoms with van der Waals surface area (Å²) in [7, 11) is 0. The fourth-order valence-corrected chi connectivity index (χ4v) is 3.30. The largest absolute Gasteiger partial charge is 0.507 e. The number of aromatic hydroxyl groups is 1. The Hall–Kier alpha value is -2.68. The Morgan fingerprint density at radius 3 is 2.36 bits per heavy atom. The third-order valence-electron chi connectivity index (χ3n) is 5.02. The molecule has 0 atom stereocenters. The number of nitrogens with zero attached hydrogens (tertiary/aromatic N) is 2. The highest BCUT2D eigenvalue weighted by Crippen LogP contribution is 2.37. The van der Waals surface area contributed by atoms with Gasteiger partial charge in [0, 0.05) is 28.9 Å². The molecule has 28 heavy (non-hydrogen) atoms. The van der Waals surface area contributed by atoms with E-state index in [2.05, 4.69) is 81.9 Å². The molecular formula is C25H30N2O. The minimum absolute atomic E-state index is 0.00412. The van der Waals surface area contributed by atoms with E-state index in [0.717, 1.165) is 27.6 Å². The van der Waals surface area contributed by atoms with E-state index in [1.165, 1.54) is 5.56 Å². The zero-order chi connectivity index (χ0) is 20.5. The molecule has 0 aliphatic carbocycles. The first-order valence-corrected chi connectivity index (χ1v) is 9.78. The van der Waals surface area contributed by atoms with Crippen LogP contribution in [0.2, 0.25) is 0 Å². The SMILES string of the molecule is CC(C)(C)c1cc(C=NCc2cccc3cccnc23)c(O)c(C(C)(C)C)c1. The van der Waals surface area contributed by atoms with Crippen molar-refractivity contribution < 1.29 is 5.11 Å². The van der Waals surface area contributed by atoms with E-state index in [9.17, 15) is 5.11 Å². The quantitative estimate of drug-likeness (QED) is 0.558. The predicted octanol–water partition coefficient (Wildman–Crippen LogP) is 6.15. The van der Waals surface area contributed by atoms with Gasteiger partial charge in [-0.2, -0.15) is 0 Å². The van der Waals surface area contributed by atoms with Crippen molar-refractivity contribution in [3.63, 3.8) is 0 Å². The lowest BCUT2D eigenvalue weighted by Gasteiger charge is -2.27. The lowest BCUT2D eigenvalue weighted by molar-refractivity contribution is 0.444. The number of hydrogen-bond donors (Lipinski definition) is 1. The van der Waals surface area contributed by atoms with Gasteiger partial charge in [-0.25, -0.2) is 0 Å². The maximum absolute atomic E-state index is 10.9. The molecule has 0 aliphatic heterocycles. The first kappa shape index (κ1) is 20.1. The number of para-hydroxylation sites is 1. The summed E-state index contributed by atoms with van der Waals surface area (Å²) >= 11 is 0. The third kappa shape index (κ3) is 4.24. The summed E-state index contributed by atoms with van der Waals surface area (Å²) in [6.07, 6.45) is 3.60. The molecule has 0 spiro atoms. The van der Waals surface area contributed by atoms with Crippen LogP contribution in [0.25, 0.3) is 10.9 Å². The van der Waals surface area contributed by atoms with E-state index in [-0.39, 0.29) is 10.8 Å². The van der Waals surface area contributed by atoms with Crippen LogP contribution in [0, 0.1) is 0 Å². The zero-order valence-corrected chi connectivity index (χ0v) is 17.7. The molecule has 3 rings (SSSR count). The van der Waals surface area contributed by atoms with Crippen LogP contribution in [0.15, 0.2) is 53.7 Å². The highest BCUT2D eigenvalue weighted by Gasteiger charge is 2.24. The molecule has 0 amide bonds. The minimum Gasteiger partial charge on any atom is -0.507 e. The van der Waals surface area contributed by atoms with Crippen molar-refractivity contribution in [2.24, 2.45) is 4.99 Å².